The number of ether oxygens (including phenoxy) is 1. The lowest BCUT2D eigenvalue weighted by atomic mass is 9.84. The molecule has 0 amide bonds. The van der Waals surface area contributed by atoms with Gasteiger partial charge in [-0.1, -0.05) is 18.2 Å². The topological polar surface area (TPSA) is 92.5 Å². The van der Waals surface area contributed by atoms with Gasteiger partial charge in [-0.3, -0.25) is 14.3 Å². The fraction of sp³-hybridized carbons (Fsp3) is 0.480. The van der Waals surface area contributed by atoms with E-state index >= 15 is 0 Å². The molecule has 0 saturated carbocycles. The van der Waals surface area contributed by atoms with Gasteiger partial charge in [0.25, 0.3) is 12.0 Å². The Labute approximate surface area is 206 Å². The highest BCUT2D eigenvalue weighted by atomic mass is 19.3. The zero-order valence-electron chi connectivity index (χ0n) is 20.6. The number of benzene rings is 1. The minimum atomic E-state index is -2.93. The van der Waals surface area contributed by atoms with E-state index in [1.54, 1.807) is 34.1 Å². The average molecular weight is 506 g/mol. The molecule has 1 unspecified atom stereocenters. The number of hydrogen-bond donors (Lipinski definition) is 2. The number of aliphatic hydroxyl groups is 1. The zero-order valence-corrected chi connectivity index (χ0v) is 20.6. The van der Waals surface area contributed by atoms with Crippen LogP contribution in [-0.4, -0.2) is 51.0 Å². The third kappa shape index (κ3) is 4.58. The standard InChI is InChI=1S/C25H30F3N5O3/c1-14(16-6-5-7-17(20(16)26)21(27)28)31-22-18-12-19(24(35)32(3)23(18)30-13-29-22)25(36-4)8-10-33(11-9-25)15(2)34/h5-7,12-15,21,34H,8-11H2,1-4H3,(H,29,30,31)/t14-,15?/m1/s1. The summed E-state index contributed by atoms with van der Waals surface area (Å²) >= 11 is 0. The number of nitrogens with zero attached hydrogens (tertiary/aromatic N) is 4. The Morgan fingerprint density at radius 2 is 1.83 bits per heavy atom. The van der Waals surface area contributed by atoms with Crippen molar-refractivity contribution in [2.45, 2.75) is 51.0 Å². The van der Waals surface area contributed by atoms with Crippen molar-refractivity contribution in [3.63, 3.8) is 0 Å². The molecule has 1 aliphatic rings. The molecule has 36 heavy (non-hydrogen) atoms. The van der Waals surface area contributed by atoms with Gasteiger partial charge in [0, 0.05) is 32.8 Å². The average Bonchev–Trinajstić information content (AvgIpc) is 2.86. The summed E-state index contributed by atoms with van der Waals surface area (Å²) in [5, 5.41) is 13.6. The van der Waals surface area contributed by atoms with Crippen molar-refractivity contribution in [2.24, 2.45) is 7.05 Å². The van der Waals surface area contributed by atoms with Crippen LogP contribution in [0.2, 0.25) is 0 Å². The first-order valence-corrected chi connectivity index (χ1v) is 11.7. The van der Waals surface area contributed by atoms with Gasteiger partial charge in [-0.15, -0.1) is 0 Å². The fourth-order valence-corrected chi connectivity index (χ4v) is 4.91. The molecule has 8 nitrogen and oxygen atoms in total. The number of aromatic nitrogens is 3. The molecule has 11 heteroatoms. The summed E-state index contributed by atoms with van der Waals surface area (Å²) < 4.78 is 48.5. The number of hydrogen-bond acceptors (Lipinski definition) is 7. The molecule has 1 aliphatic heterocycles. The second-order valence-electron chi connectivity index (χ2n) is 9.17. The van der Waals surface area contributed by atoms with Gasteiger partial charge in [-0.2, -0.15) is 0 Å². The lowest BCUT2D eigenvalue weighted by Crippen LogP contribution is -2.49. The van der Waals surface area contributed by atoms with Crippen molar-refractivity contribution in [1.29, 1.82) is 0 Å². The molecule has 0 bridgehead atoms. The molecule has 3 aromatic rings. The van der Waals surface area contributed by atoms with Crippen molar-refractivity contribution in [1.82, 2.24) is 19.4 Å². The quantitative estimate of drug-likeness (QED) is 0.504. The second kappa shape index (κ2) is 10.2. The van der Waals surface area contributed by atoms with Crippen LogP contribution in [0.25, 0.3) is 11.0 Å². The maximum atomic E-state index is 14.8. The molecule has 1 fully saturated rings. The van der Waals surface area contributed by atoms with Crippen LogP contribution in [0, 0.1) is 5.82 Å². The van der Waals surface area contributed by atoms with E-state index < -0.39 is 35.7 Å². The molecule has 1 aromatic carbocycles. The maximum Gasteiger partial charge on any atom is 0.266 e. The summed E-state index contributed by atoms with van der Waals surface area (Å²) in [6.07, 6.45) is -1.26. The Bertz CT molecular complexity index is 1310. The van der Waals surface area contributed by atoms with Crippen LogP contribution in [-0.2, 0) is 17.4 Å². The number of pyridine rings is 1. The molecule has 2 N–H and O–H groups in total. The molecule has 4 rings (SSSR count). The van der Waals surface area contributed by atoms with Crippen LogP contribution in [0.4, 0.5) is 19.0 Å². The van der Waals surface area contributed by atoms with Crippen LogP contribution in [0.1, 0.15) is 55.8 Å². The molecule has 2 atom stereocenters. The Hall–Kier alpha value is -3.02. The molecule has 2 aromatic heterocycles. The predicted octanol–water partition coefficient (Wildman–Crippen LogP) is 3.85. The van der Waals surface area contributed by atoms with Gasteiger partial charge < -0.3 is 15.2 Å². The number of aryl methyl sites for hydroxylation is 1. The van der Waals surface area contributed by atoms with Crippen molar-refractivity contribution >= 4 is 16.9 Å². The summed E-state index contributed by atoms with van der Waals surface area (Å²) in [5.74, 6) is -0.638. The van der Waals surface area contributed by atoms with E-state index in [9.17, 15) is 23.1 Å². The number of nitrogens with one attached hydrogen (secondary N) is 1. The number of aliphatic hydroxyl groups excluding tert-OH is 1. The van der Waals surface area contributed by atoms with Crippen molar-refractivity contribution in [3.05, 3.63) is 63.5 Å². The SMILES string of the molecule is COC1(c2cc3c(N[C@H](C)c4cccc(C(F)F)c4F)ncnc3n(C)c2=O)CCN(C(C)O)CC1. The smallest absolute Gasteiger partial charge is 0.266 e. The minimum Gasteiger partial charge on any atom is -0.379 e. The first-order chi connectivity index (χ1) is 17.1. The van der Waals surface area contributed by atoms with Crippen LogP contribution >= 0.6 is 0 Å². The Kier molecular flexibility index (Phi) is 7.35. The largest absolute Gasteiger partial charge is 0.379 e. The van der Waals surface area contributed by atoms with Crippen LogP contribution in [0.3, 0.4) is 0 Å². The predicted molar refractivity (Wildman–Crippen MR) is 129 cm³/mol. The Morgan fingerprint density at radius 3 is 2.44 bits per heavy atom. The summed E-state index contributed by atoms with van der Waals surface area (Å²) in [7, 11) is 3.16. The molecule has 3 heterocycles. The minimum absolute atomic E-state index is 0.0727. The normalized spacial score (nSPS) is 17.9. The number of anilines is 1. The van der Waals surface area contributed by atoms with E-state index in [4.69, 9.17) is 4.74 Å². The Balaban J connectivity index is 1.77. The molecule has 194 valence electrons. The van der Waals surface area contributed by atoms with E-state index in [1.807, 2.05) is 4.90 Å². The number of alkyl halides is 2. The highest BCUT2D eigenvalue weighted by Gasteiger charge is 2.40. The van der Waals surface area contributed by atoms with Crippen molar-refractivity contribution in [2.75, 3.05) is 25.5 Å². The van der Waals surface area contributed by atoms with E-state index in [0.29, 0.717) is 48.3 Å². The number of halogens is 3. The van der Waals surface area contributed by atoms with Gasteiger partial charge in [-0.05, 0) is 32.8 Å². The lowest BCUT2D eigenvalue weighted by molar-refractivity contribution is -0.0933. The lowest BCUT2D eigenvalue weighted by Gasteiger charge is -2.41. The van der Waals surface area contributed by atoms with Gasteiger partial charge >= 0.3 is 0 Å². The van der Waals surface area contributed by atoms with Gasteiger partial charge in [0.05, 0.1) is 22.6 Å². The van der Waals surface area contributed by atoms with Crippen molar-refractivity contribution in [3.8, 4) is 0 Å². The second-order valence-corrected chi connectivity index (χ2v) is 9.17. The number of fused-ring (bicyclic) bond motifs is 1. The highest BCUT2D eigenvalue weighted by molar-refractivity contribution is 5.87. The van der Waals surface area contributed by atoms with Crippen LogP contribution in [0.5, 0.6) is 0 Å². The van der Waals surface area contributed by atoms with Crippen molar-refractivity contribution < 1.29 is 23.0 Å². The van der Waals surface area contributed by atoms with E-state index in [0.717, 1.165) is 6.07 Å². The van der Waals surface area contributed by atoms with E-state index in [1.165, 1.54) is 23.0 Å². The van der Waals surface area contributed by atoms with Gasteiger partial charge in [0.1, 0.15) is 35.4 Å². The molecule has 1 saturated heterocycles. The maximum absolute atomic E-state index is 14.8. The molecule has 0 spiro atoms. The first-order valence-electron chi connectivity index (χ1n) is 11.7. The molecule has 0 aliphatic carbocycles. The van der Waals surface area contributed by atoms with E-state index in [-0.39, 0.29) is 11.1 Å². The van der Waals surface area contributed by atoms with Gasteiger partial charge in [-0.25, -0.2) is 23.1 Å². The fourth-order valence-electron chi connectivity index (χ4n) is 4.91. The first kappa shape index (κ1) is 26.1. The summed E-state index contributed by atoms with van der Waals surface area (Å²) in [6.45, 7) is 4.43. The number of methoxy groups -OCH3 is 1. The molecular weight excluding hydrogens is 475 g/mol. The van der Waals surface area contributed by atoms with Gasteiger partial charge in [0.15, 0.2) is 0 Å². The summed E-state index contributed by atoms with van der Waals surface area (Å²) in [4.78, 5) is 23.9. The third-order valence-electron chi connectivity index (χ3n) is 7.13. The van der Waals surface area contributed by atoms with Crippen LogP contribution < -0.4 is 10.9 Å². The number of likely N-dealkylation sites (tertiary alicyclic amines) is 1. The summed E-state index contributed by atoms with van der Waals surface area (Å²) in [5.41, 5.74) is -0.926. The number of rotatable bonds is 7. The monoisotopic (exact) mass is 505 g/mol. The molecule has 0 radical (unpaired) electrons. The van der Waals surface area contributed by atoms with E-state index in [2.05, 4.69) is 15.3 Å². The summed E-state index contributed by atoms with van der Waals surface area (Å²) in [6, 6.07) is 4.89. The zero-order chi connectivity index (χ0) is 26.2. The van der Waals surface area contributed by atoms with Gasteiger partial charge in [0.2, 0.25) is 0 Å². The number of piperidine rings is 1. The van der Waals surface area contributed by atoms with Crippen LogP contribution in [0.15, 0.2) is 35.4 Å². The third-order valence-corrected chi connectivity index (χ3v) is 7.13. The highest BCUT2D eigenvalue weighted by Crippen LogP contribution is 2.37. The Morgan fingerprint density at radius 1 is 1.17 bits per heavy atom. The molecular formula is C25H30F3N5O3.